The van der Waals surface area contributed by atoms with Crippen molar-refractivity contribution in [3.63, 3.8) is 0 Å². The molecule has 3 amide bonds. The van der Waals surface area contributed by atoms with Gasteiger partial charge in [0.25, 0.3) is 11.8 Å². The van der Waals surface area contributed by atoms with Crippen molar-refractivity contribution in [3.05, 3.63) is 41.6 Å². The minimum atomic E-state index is -1.96. The van der Waals surface area contributed by atoms with Crippen molar-refractivity contribution >= 4 is 34.2 Å². The van der Waals surface area contributed by atoms with Crippen molar-refractivity contribution in [3.8, 4) is 0 Å². The van der Waals surface area contributed by atoms with Gasteiger partial charge in [-0.3, -0.25) is 28.9 Å². The fourth-order valence-electron chi connectivity index (χ4n) is 7.28. The number of aromatic nitrogens is 1. The van der Waals surface area contributed by atoms with E-state index in [-0.39, 0.29) is 24.4 Å². The third kappa shape index (κ3) is 3.02. The summed E-state index contributed by atoms with van der Waals surface area (Å²) in [6.45, 7) is 4.31. The lowest BCUT2D eigenvalue weighted by molar-refractivity contribution is -0.314. The largest absolute Gasteiger partial charge is 0.361 e. The van der Waals surface area contributed by atoms with Gasteiger partial charge >= 0.3 is 0 Å². The minimum Gasteiger partial charge on any atom is -0.361 e. The summed E-state index contributed by atoms with van der Waals surface area (Å²) in [6, 6.07) is 5.69. The minimum absolute atomic E-state index is 0.158. The molecule has 5 aliphatic rings. The Morgan fingerprint density at radius 3 is 2.89 bits per heavy atom. The molecule has 3 N–H and O–H groups in total. The normalized spacial score (nSPS) is 34.4. The van der Waals surface area contributed by atoms with Crippen molar-refractivity contribution in [2.45, 2.75) is 56.8 Å². The van der Waals surface area contributed by atoms with Crippen LogP contribution in [0.1, 0.15) is 37.8 Å². The first-order valence-electron chi connectivity index (χ1n) is 13.5. The second-order valence-electron chi connectivity index (χ2n) is 11.7. The molecule has 1 aliphatic carbocycles. The predicted molar refractivity (Wildman–Crippen MR) is 138 cm³/mol. The summed E-state index contributed by atoms with van der Waals surface area (Å²) >= 11 is 0. The van der Waals surface area contributed by atoms with Crippen LogP contribution in [0.4, 0.5) is 0 Å². The van der Waals surface area contributed by atoms with Crippen LogP contribution < -0.4 is 5.32 Å². The molecule has 5 atom stereocenters. The number of nitrogens with one attached hydrogen (secondary N) is 2. The molecule has 10 heteroatoms. The number of rotatable bonds is 3. The molecule has 3 saturated heterocycles. The maximum absolute atomic E-state index is 13.9. The van der Waals surface area contributed by atoms with Crippen molar-refractivity contribution < 1.29 is 24.2 Å². The number of carbonyl (C=O) groups excluding carboxylic acids is 3. The summed E-state index contributed by atoms with van der Waals surface area (Å²) in [5, 5.41) is 15.8. The highest BCUT2D eigenvalue weighted by Crippen LogP contribution is 2.46. The average molecular weight is 520 g/mol. The first kappa shape index (κ1) is 23.9. The van der Waals surface area contributed by atoms with E-state index in [4.69, 9.17) is 4.74 Å². The fraction of sp³-hybridized carbons (Fsp3) is 0.536. The number of ether oxygens (including phenoxy) is 1. The molecule has 7 rings (SSSR count). The van der Waals surface area contributed by atoms with Gasteiger partial charge in [-0.25, -0.2) is 0 Å². The van der Waals surface area contributed by atoms with Gasteiger partial charge < -0.3 is 20.3 Å². The molecule has 38 heavy (non-hydrogen) atoms. The van der Waals surface area contributed by atoms with E-state index in [9.17, 15) is 19.5 Å². The molecule has 0 bridgehead atoms. The van der Waals surface area contributed by atoms with Gasteiger partial charge in [0.2, 0.25) is 17.5 Å². The third-order valence-corrected chi connectivity index (χ3v) is 9.29. The quantitative estimate of drug-likeness (QED) is 0.557. The number of amides is 3. The number of fused-ring (bicyclic) bond motifs is 5. The van der Waals surface area contributed by atoms with Crippen LogP contribution in [0, 0.1) is 11.8 Å². The smallest absolute Gasteiger partial charge is 0.281 e. The number of aliphatic hydroxyl groups is 1. The number of hydrogen-bond donors (Lipinski definition) is 3. The Kier molecular flexibility index (Phi) is 4.97. The van der Waals surface area contributed by atoms with Crippen LogP contribution in [-0.4, -0.2) is 92.9 Å². The van der Waals surface area contributed by atoms with E-state index in [1.165, 1.54) is 10.9 Å². The summed E-state index contributed by atoms with van der Waals surface area (Å²) in [5.74, 6) is -4.08. The van der Waals surface area contributed by atoms with Crippen molar-refractivity contribution in [1.82, 2.24) is 25.0 Å². The lowest BCUT2D eigenvalue weighted by Crippen LogP contribution is -2.67. The lowest BCUT2D eigenvalue weighted by Gasteiger charge is -2.44. The topological polar surface area (TPSA) is 118 Å². The number of carbonyl (C=O) groups is 3. The van der Waals surface area contributed by atoms with Gasteiger partial charge in [-0.1, -0.05) is 32.1 Å². The Morgan fingerprint density at radius 2 is 2.11 bits per heavy atom. The number of hydrogen-bond acceptors (Lipinski definition) is 6. The zero-order valence-corrected chi connectivity index (χ0v) is 21.9. The lowest BCUT2D eigenvalue weighted by atomic mass is 9.79. The van der Waals surface area contributed by atoms with E-state index in [0.717, 1.165) is 34.4 Å². The summed E-state index contributed by atoms with van der Waals surface area (Å²) in [7, 11) is 2.02. The number of benzene rings is 1. The molecular weight excluding hydrogens is 486 g/mol. The monoisotopic (exact) mass is 519 g/mol. The Bertz CT molecular complexity index is 1420. The van der Waals surface area contributed by atoms with E-state index < -0.39 is 35.4 Å². The van der Waals surface area contributed by atoms with Crippen LogP contribution in [0.15, 0.2) is 30.5 Å². The summed E-state index contributed by atoms with van der Waals surface area (Å²) < 4.78 is 6.22. The number of aromatic amines is 1. The molecule has 5 heterocycles. The number of H-pyrrole nitrogens is 1. The molecule has 0 radical (unpaired) electrons. The molecule has 3 fully saturated rings. The zero-order valence-electron chi connectivity index (χ0n) is 21.9. The molecular formula is C28H33N5O5. The fourth-order valence-corrected chi connectivity index (χ4v) is 7.28. The summed E-state index contributed by atoms with van der Waals surface area (Å²) in [5.41, 5.74) is 2.82. The third-order valence-electron chi connectivity index (χ3n) is 9.29. The zero-order chi connectivity index (χ0) is 26.6. The number of likely N-dealkylation sites (N-methyl/N-ethyl adjacent to an activating group) is 1. The van der Waals surface area contributed by atoms with Crippen molar-refractivity contribution in [2.75, 3.05) is 26.7 Å². The van der Waals surface area contributed by atoms with E-state index in [1.807, 2.05) is 19.2 Å². The van der Waals surface area contributed by atoms with Crippen LogP contribution in [0.2, 0.25) is 0 Å². The molecule has 1 aromatic carbocycles. The van der Waals surface area contributed by atoms with Crippen molar-refractivity contribution in [2.24, 2.45) is 11.8 Å². The van der Waals surface area contributed by atoms with Crippen LogP contribution in [0.3, 0.4) is 0 Å². The Morgan fingerprint density at radius 1 is 1.29 bits per heavy atom. The Hall–Kier alpha value is -3.21. The Balaban J connectivity index is 1.23. The first-order valence-corrected chi connectivity index (χ1v) is 13.5. The predicted octanol–water partition coefficient (Wildman–Crippen LogP) is 1.02. The second kappa shape index (κ2) is 7.91. The van der Waals surface area contributed by atoms with Crippen molar-refractivity contribution in [1.29, 1.82) is 0 Å². The maximum atomic E-state index is 13.9. The van der Waals surface area contributed by atoms with Crippen LogP contribution >= 0.6 is 0 Å². The van der Waals surface area contributed by atoms with Gasteiger partial charge in [-0.15, -0.1) is 0 Å². The first-order chi connectivity index (χ1) is 18.1. The summed E-state index contributed by atoms with van der Waals surface area (Å²) in [6.07, 6.45) is 6.22. The number of piperazine rings is 1. The average Bonchev–Trinajstić information content (AvgIpc) is 3.59. The molecule has 0 spiro atoms. The van der Waals surface area contributed by atoms with Gasteiger partial charge in [0.15, 0.2) is 0 Å². The molecule has 1 aromatic heterocycles. The molecule has 200 valence electrons. The van der Waals surface area contributed by atoms with Gasteiger partial charge in [0.1, 0.15) is 12.6 Å². The molecule has 0 unspecified atom stereocenters. The highest BCUT2D eigenvalue weighted by molar-refractivity contribution is 6.00. The molecule has 10 nitrogen and oxygen atoms in total. The Labute approximate surface area is 220 Å². The van der Waals surface area contributed by atoms with E-state index >= 15 is 0 Å². The second-order valence-corrected chi connectivity index (χ2v) is 11.7. The van der Waals surface area contributed by atoms with Crippen LogP contribution in [0.25, 0.3) is 16.5 Å². The van der Waals surface area contributed by atoms with E-state index in [0.29, 0.717) is 19.5 Å². The van der Waals surface area contributed by atoms with E-state index in [1.54, 1.807) is 18.7 Å². The molecule has 0 saturated carbocycles. The highest BCUT2D eigenvalue weighted by atomic mass is 16.7. The maximum Gasteiger partial charge on any atom is 0.281 e. The highest BCUT2D eigenvalue weighted by Gasteiger charge is 2.69. The summed E-state index contributed by atoms with van der Waals surface area (Å²) in [4.78, 5) is 48.7. The number of nitrogens with zero attached hydrogens (tertiary/aromatic N) is 3. The van der Waals surface area contributed by atoms with Gasteiger partial charge in [0, 0.05) is 42.1 Å². The molecule has 4 aliphatic heterocycles. The van der Waals surface area contributed by atoms with Gasteiger partial charge in [0.05, 0.1) is 5.92 Å². The SMILES string of the molecule is CC(C)[C@@]1(NC(=O)[C@@H]2C=C3c4cccc5[nH]cc(c45)C[C@H]3N(C)C2)O[C@@]2(O)[C@@H]3CCCN3C(=O)CN2C1=O. The molecule has 2 aromatic rings. The standard InChI is InChI=1S/C28H33N5O5/c1-15(2)27(26(36)33-14-23(34)32-9-5-8-22(32)28(33,37)38-27)30-25(35)17-10-19-18-6-4-7-20-24(18)16(12-29-20)11-21(19)31(3)13-17/h4,6-7,10,12,15,17,21-22,29,37H,5,8-9,11,13-14H2,1-3H3,(H,30,35)/t17-,21-,22+,27-,28+/m1/s1. The van der Waals surface area contributed by atoms with E-state index in [2.05, 4.69) is 33.5 Å². The van der Waals surface area contributed by atoms with Crippen LogP contribution in [0.5, 0.6) is 0 Å². The van der Waals surface area contributed by atoms with Crippen LogP contribution in [-0.2, 0) is 25.5 Å². The van der Waals surface area contributed by atoms with Gasteiger partial charge in [-0.05, 0) is 49.1 Å². The van der Waals surface area contributed by atoms with Gasteiger partial charge in [-0.2, -0.15) is 0 Å².